The van der Waals surface area contributed by atoms with Crippen molar-refractivity contribution in [3.8, 4) is 0 Å². The van der Waals surface area contributed by atoms with Crippen molar-refractivity contribution in [2.75, 3.05) is 0 Å². The van der Waals surface area contributed by atoms with Gasteiger partial charge in [-0.15, -0.1) is 0 Å². The van der Waals surface area contributed by atoms with Gasteiger partial charge < -0.3 is 0 Å². The van der Waals surface area contributed by atoms with Gasteiger partial charge in [-0.25, -0.2) is 12.8 Å². The smallest absolute Gasteiger partial charge is 0.263 e. The van der Waals surface area contributed by atoms with Gasteiger partial charge in [0.15, 0.2) is 0 Å². The molecule has 1 unspecified atom stereocenters. The zero-order valence-corrected chi connectivity index (χ0v) is 12.1. The van der Waals surface area contributed by atoms with Crippen LogP contribution in [-0.2, 0) is 10.0 Å². The van der Waals surface area contributed by atoms with Gasteiger partial charge in [0.05, 0.1) is 10.9 Å². The van der Waals surface area contributed by atoms with E-state index < -0.39 is 16.1 Å². The van der Waals surface area contributed by atoms with E-state index in [9.17, 15) is 12.8 Å². The maximum Gasteiger partial charge on any atom is 0.263 e. The predicted octanol–water partition coefficient (Wildman–Crippen LogP) is 2.63. The first-order valence-corrected chi connectivity index (χ1v) is 7.92. The van der Waals surface area contributed by atoms with Gasteiger partial charge in [-0.3, -0.25) is 9.71 Å². The number of hydrogen-bond acceptors (Lipinski definition) is 3. The topological polar surface area (TPSA) is 58.5 Å². The van der Waals surface area contributed by atoms with Crippen LogP contribution < -0.4 is 4.72 Å². The second kappa shape index (κ2) is 4.96. The third-order valence-corrected chi connectivity index (χ3v) is 4.74. The molecule has 0 fully saturated rings. The summed E-state index contributed by atoms with van der Waals surface area (Å²) in [5, 5.41) is 0. The molecule has 0 saturated heterocycles. The summed E-state index contributed by atoms with van der Waals surface area (Å²) < 4.78 is 40.1. The Morgan fingerprint density at radius 3 is 2.52 bits per heavy atom. The zero-order chi connectivity index (χ0) is 15.0. The minimum atomic E-state index is -3.57. The fourth-order valence-corrected chi connectivity index (χ4v) is 3.55. The Bertz CT molecular complexity index is 831. The maximum atomic E-state index is 13.8. The first-order valence-electron chi connectivity index (χ1n) is 6.43. The van der Waals surface area contributed by atoms with Crippen LogP contribution in [0.3, 0.4) is 0 Å². The van der Waals surface area contributed by atoms with Crippen LogP contribution in [0.4, 0.5) is 4.39 Å². The van der Waals surface area contributed by atoms with Crippen molar-refractivity contribution in [2.45, 2.75) is 17.9 Å². The highest BCUT2D eigenvalue weighted by Gasteiger charge is 2.30. The third kappa shape index (κ3) is 2.42. The molecule has 1 N–H and O–H groups in total. The lowest BCUT2D eigenvalue weighted by Crippen LogP contribution is -2.22. The minimum Gasteiger partial charge on any atom is -0.263 e. The Kier molecular flexibility index (Phi) is 3.25. The van der Waals surface area contributed by atoms with Crippen LogP contribution in [0.25, 0.3) is 0 Å². The lowest BCUT2D eigenvalue weighted by Gasteiger charge is -2.09. The van der Waals surface area contributed by atoms with Gasteiger partial charge in [0.2, 0.25) is 0 Å². The summed E-state index contributed by atoms with van der Waals surface area (Å²) in [6, 6.07) is 12.4. The van der Waals surface area contributed by atoms with Gasteiger partial charge in [-0.2, -0.15) is 0 Å². The molecule has 0 amide bonds. The molecule has 2 aromatic carbocycles. The second-order valence-electron chi connectivity index (χ2n) is 4.78. The highest BCUT2D eigenvalue weighted by atomic mass is 32.2. The van der Waals surface area contributed by atoms with E-state index in [0.717, 1.165) is 0 Å². The van der Waals surface area contributed by atoms with Crippen molar-refractivity contribution in [1.29, 1.82) is 0 Å². The largest absolute Gasteiger partial charge is 0.263 e. The fraction of sp³-hybridized carbons (Fsp3) is 0.133. The normalized spacial score (nSPS) is 19.0. The molecule has 1 aliphatic heterocycles. The molecule has 2 aromatic rings. The Morgan fingerprint density at radius 2 is 1.76 bits per heavy atom. The van der Waals surface area contributed by atoms with Gasteiger partial charge in [0, 0.05) is 11.1 Å². The summed E-state index contributed by atoms with van der Waals surface area (Å²) in [7, 11) is -3.57. The lowest BCUT2D eigenvalue weighted by molar-refractivity contribution is 0.593. The van der Waals surface area contributed by atoms with Gasteiger partial charge in [-0.1, -0.05) is 30.3 Å². The van der Waals surface area contributed by atoms with Gasteiger partial charge in [-0.05, 0) is 25.1 Å². The van der Waals surface area contributed by atoms with E-state index >= 15 is 0 Å². The molecule has 0 spiro atoms. The molecule has 3 rings (SSSR count). The van der Waals surface area contributed by atoms with Crippen molar-refractivity contribution in [1.82, 2.24) is 4.72 Å². The highest BCUT2D eigenvalue weighted by molar-refractivity contribution is 7.90. The monoisotopic (exact) mass is 304 g/mol. The summed E-state index contributed by atoms with van der Waals surface area (Å²) in [5.74, 6) is -0.107. The van der Waals surface area contributed by atoms with Crippen molar-refractivity contribution in [3.05, 3.63) is 65.5 Å². The molecule has 6 heteroatoms. The van der Waals surface area contributed by atoms with E-state index in [0.29, 0.717) is 11.1 Å². The van der Waals surface area contributed by atoms with Crippen LogP contribution in [0.5, 0.6) is 0 Å². The number of sulfonamides is 1. The molecule has 0 aromatic heterocycles. The summed E-state index contributed by atoms with van der Waals surface area (Å²) in [4.78, 5) is 4.53. The van der Waals surface area contributed by atoms with E-state index in [2.05, 4.69) is 9.71 Å². The van der Waals surface area contributed by atoms with Gasteiger partial charge in [0.25, 0.3) is 10.0 Å². The average Bonchev–Trinajstić information content (AvgIpc) is 2.71. The zero-order valence-electron chi connectivity index (χ0n) is 11.2. The Labute approximate surface area is 122 Å². The van der Waals surface area contributed by atoms with Crippen molar-refractivity contribution in [2.24, 2.45) is 4.99 Å². The number of rotatable bonds is 2. The highest BCUT2D eigenvalue weighted by Crippen LogP contribution is 2.26. The van der Waals surface area contributed by atoms with E-state index in [1.807, 2.05) is 0 Å². The molecule has 21 heavy (non-hydrogen) atoms. The number of fused-ring (bicyclic) bond motifs is 1. The molecule has 0 bridgehead atoms. The first kappa shape index (κ1) is 13.8. The van der Waals surface area contributed by atoms with Crippen LogP contribution >= 0.6 is 0 Å². The molecule has 0 saturated carbocycles. The number of amidine groups is 1. The van der Waals surface area contributed by atoms with Crippen molar-refractivity contribution < 1.29 is 12.8 Å². The number of nitrogens with zero attached hydrogens (tertiary/aromatic N) is 1. The van der Waals surface area contributed by atoms with E-state index in [1.165, 1.54) is 12.1 Å². The average molecular weight is 304 g/mol. The van der Waals surface area contributed by atoms with Crippen LogP contribution in [0.1, 0.15) is 24.1 Å². The minimum absolute atomic E-state index is 0.199. The molecule has 1 aliphatic rings. The third-order valence-electron chi connectivity index (χ3n) is 3.34. The summed E-state index contributed by atoms with van der Waals surface area (Å²) in [6.45, 7) is 1.72. The second-order valence-corrected chi connectivity index (χ2v) is 6.43. The molecule has 1 atom stereocenters. The summed E-state index contributed by atoms with van der Waals surface area (Å²) in [5.41, 5.74) is 0.939. The Balaban J connectivity index is 2.05. The van der Waals surface area contributed by atoms with Crippen LogP contribution in [-0.4, -0.2) is 14.3 Å². The summed E-state index contributed by atoms with van der Waals surface area (Å²) >= 11 is 0. The Hall–Kier alpha value is -2.21. The van der Waals surface area contributed by atoms with E-state index in [-0.39, 0.29) is 16.5 Å². The number of halogens is 1. The molecular formula is C15H13FN2O2S. The van der Waals surface area contributed by atoms with Gasteiger partial charge in [0.1, 0.15) is 11.7 Å². The Morgan fingerprint density at radius 1 is 1.10 bits per heavy atom. The molecule has 0 radical (unpaired) electrons. The lowest BCUT2D eigenvalue weighted by atomic mass is 10.1. The standard InChI is InChI=1S/C15H13FN2O2S/c1-10(11-6-2-4-8-13(11)16)17-15-12-7-3-5-9-14(12)21(19,20)18-15/h2-10H,1H3,(H,17,18). The molecular weight excluding hydrogens is 291 g/mol. The van der Waals surface area contributed by atoms with Crippen LogP contribution in [0.2, 0.25) is 0 Å². The number of nitrogens with one attached hydrogen (secondary N) is 1. The van der Waals surface area contributed by atoms with Crippen molar-refractivity contribution >= 4 is 15.9 Å². The van der Waals surface area contributed by atoms with Crippen molar-refractivity contribution in [3.63, 3.8) is 0 Å². The van der Waals surface area contributed by atoms with E-state index in [4.69, 9.17) is 0 Å². The molecule has 0 aliphatic carbocycles. The van der Waals surface area contributed by atoms with Gasteiger partial charge >= 0.3 is 0 Å². The SMILES string of the molecule is CC(N=C1NS(=O)(=O)c2ccccc21)c1ccccc1F. The quantitative estimate of drug-likeness (QED) is 0.927. The molecule has 1 heterocycles. The number of hydrogen-bond donors (Lipinski definition) is 1. The number of benzene rings is 2. The molecule has 108 valence electrons. The summed E-state index contributed by atoms with van der Waals surface area (Å²) in [6.07, 6.45) is 0. The first-order chi connectivity index (χ1) is 9.99. The fourth-order valence-electron chi connectivity index (χ4n) is 2.31. The molecule has 4 nitrogen and oxygen atoms in total. The van der Waals surface area contributed by atoms with Crippen LogP contribution in [0, 0.1) is 5.82 Å². The van der Waals surface area contributed by atoms with E-state index in [1.54, 1.807) is 43.3 Å². The number of aliphatic imine (C=N–C) groups is 1. The van der Waals surface area contributed by atoms with Crippen LogP contribution in [0.15, 0.2) is 58.4 Å². The maximum absolute atomic E-state index is 13.8. The predicted molar refractivity (Wildman–Crippen MR) is 78.1 cm³/mol.